The summed E-state index contributed by atoms with van der Waals surface area (Å²) in [6, 6.07) is 0.522. The molecule has 3 N–H and O–H groups in total. The number of nitrogens with one attached hydrogen (secondary N) is 2. The van der Waals surface area contributed by atoms with E-state index >= 15 is 0 Å². The van der Waals surface area contributed by atoms with Crippen molar-refractivity contribution < 1.29 is 5.11 Å². The first-order valence-electron chi connectivity index (χ1n) is 7.37. The maximum absolute atomic E-state index is 10.1. The first-order chi connectivity index (χ1) is 9.15. The second-order valence-electron chi connectivity index (χ2n) is 5.87. The largest absolute Gasteiger partial charge is 0.388 e. The predicted molar refractivity (Wildman–Crippen MR) is 98.3 cm³/mol. The summed E-state index contributed by atoms with van der Waals surface area (Å²) in [5, 5.41) is 17.6. The lowest BCUT2D eigenvalue weighted by Gasteiger charge is -2.37. The van der Waals surface area contributed by atoms with E-state index in [0.29, 0.717) is 12.6 Å². The van der Waals surface area contributed by atoms with Gasteiger partial charge in [0.05, 0.1) is 5.60 Å². The molecule has 0 aromatic carbocycles. The minimum atomic E-state index is -0.494. The molecule has 2 fully saturated rings. The van der Waals surface area contributed by atoms with Gasteiger partial charge in [-0.15, -0.1) is 24.0 Å². The zero-order valence-corrected chi connectivity index (χ0v) is 15.7. The summed E-state index contributed by atoms with van der Waals surface area (Å²) in [4.78, 5) is 4.27. The molecule has 0 saturated heterocycles. The monoisotopic (exact) mass is 413 g/mol. The van der Waals surface area contributed by atoms with Crippen LogP contribution in [0.3, 0.4) is 0 Å². The van der Waals surface area contributed by atoms with Gasteiger partial charge in [0.1, 0.15) is 0 Å². The second kappa shape index (κ2) is 8.68. The van der Waals surface area contributed by atoms with Crippen molar-refractivity contribution >= 4 is 41.7 Å². The number of aliphatic hydroxyl groups is 1. The van der Waals surface area contributed by atoms with Crippen LogP contribution < -0.4 is 10.6 Å². The van der Waals surface area contributed by atoms with Crippen LogP contribution in [0.15, 0.2) is 4.99 Å². The molecular weight excluding hydrogens is 385 g/mol. The smallest absolute Gasteiger partial charge is 0.191 e. The normalized spacial score (nSPS) is 29.1. The van der Waals surface area contributed by atoms with Crippen LogP contribution in [0.1, 0.15) is 44.9 Å². The molecule has 0 heterocycles. The molecule has 6 heteroatoms. The van der Waals surface area contributed by atoms with E-state index in [1.807, 2.05) is 11.8 Å². The summed E-state index contributed by atoms with van der Waals surface area (Å²) < 4.78 is 0. The van der Waals surface area contributed by atoms with Gasteiger partial charge in [-0.25, -0.2) is 0 Å². The maximum atomic E-state index is 10.1. The average Bonchev–Trinajstić information content (AvgIpc) is 2.41. The Labute approximate surface area is 144 Å². The Morgan fingerprint density at radius 3 is 2.65 bits per heavy atom. The molecule has 0 amide bonds. The molecule has 0 bridgehead atoms. The van der Waals surface area contributed by atoms with Crippen LogP contribution in [0.25, 0.3) is 0 Å². The number of thioether (sulfide) groups is 1. The van der Waals surface area contributed by atoms with Crippen LogP contribution in [0.4, 0.5) is 0 Å². The van der Waals surface area contributed by atoms with Gasteiger partial charge in [0.25, 0.3) is 0 Å². The minimum absolute atomic E-state index is 0. The van der Waals surface area contributed by atoms with Gasteiger partial charge in [-0.3, -0.25) is 4.99 Å². The molecule has 2 rings (SSSR count). The number of rotatable bonds is 4. The van der Waals surface area contributed by atoms with Gasteiger partial charge in [-0.05, 0) is 44.8 Å². The number of hydrogen-bond acceptors (Lipinski definition) is 3. The van der Waals surface area contributed by atoms with Gasteiger partial charge in [0.2, 0.25) is 0 Å². The summed E-state index contributed by atoms with van der Waals surface area (Å²) in [7, 11) is 1.80. The molecule has 20 heavy (non-hydrogen) atoms. The molecule has 2 aliphatic rings. The van der Waals surface area contributed by atoms with Gasteiger partial charge in [0, 0.05) is 24.9 Å². The van der Waals surface area contributed by atoms with Crippen molar-refractivity contribution in [3.63, 3.8) is 0 Å². The third-order valence-corrected chi connectivity index (χ3v) is 5.49. The zero-order chi connectivity index (χ0) is 13.7. The molecule has 2 saturated carbocycles. The third kappa shape index (κ3) is 5.26. The Balaban J connectivity index is 0.00000200. The standard InChI is InChI=1S/C14H27N3OS.HI/c1-15-13(16-10-14(18)7-4-8-14)17-11-5-3-6-12(9-11)19-2;/h11-12,18H,3-10H2,1-2H3,(H2,15,16,17);1H. The quantitative estimate of drug-likeness (QED) is 0.376. The van der Waals surface area contributed by atoms with Crippen molar-refractivity contribution in [3.8, 4) is 0 Å². The van der Waals surface area contributed by atoms with E-state index in [2.05, 4.69) is 21.9 Å². The predicted octanol–water partition coefficient (Wildman–Crippen LogP) is 2.36. The summed E-state index contributed by atoms with van der Waals surface area (Å²) in [5.74, 6) is 0.840. The zero-order valence-electron chi connectivity index (χ0n) is 12.5. The third-order valence-electron chi connectivity index (χ3n) is 4.39. The highest BCUT2D eigenvalue weighted by atomic mass is 127. The summed E-state index contributed by atoms with van der Waals surface area (Å²) in [5.41, 5.74) is -0.494. The van der Waals surface area contributed by atoms with E-state index in [9.17, 15) is 5.11 Å². The van der Waals surface area contributed by atoms with Gasteiger partial charge in [0.15, 0.2) is 5.96 Å². The molecule has 0 aromatic rings. The average molecular weight is 413 g/mol. The Bertz CT molecular complexity index is 324. The number of nitrogens with zero attached hydrogens (tertiary/aromatic N) is 1. The summed E-state index contributed by atoms with van der Waals surface area (Å²) in [6.45, 7) is 0.616. The molecule has 2 aliphatic carbocycles. The fraction of sp³-hybridized carbons (Fsp3) is 0.929. The number of hydrogen-bond donors (Lipinski definition) is 3. The van der Waals surface area contributed by atoms with Crippen molar-refractivity contribution in [2.75, 3.05) is 19.8 Å². The maximum Gasteiger partial charge on any atom is 0.191 e. The highest BCUT2D eigenvalue weighted by molar-refractivity contribution is 14.0. The van der Waals surface area contributed by atoms with E-state index in [4.69, 9.17) is 0 Å². The highest BCUT2D eigenvalue weighted by Gasteiger charge is 2.34. The molecule has 2 atom stereocenters. The van der Waals surface area contributed by atoms with Crippen LogP contribution >= 0.6 is 35.7 Å². The lowest BCUT2D eigenvalue weighted by Crippen LogP contribution is -2.52. The lowest BCUT2D eigenvalue weighted by molar-refractivity contribution is -0.0279. The molecule has 0 aromatic heterocycles. The van der Waals surface area contributed by atoms with Crippen LogP contribution in [-0.4, -0.2) is 47.8 Å². The van der Waals surface area contributed by atoms with Crippen molar-refractivity contribution in [2.45, 2.75) is 61.8 Å². The topological polar surface area (TPSA) is 56.7 Å². The van der Waals surface area contributed by atoms with E-state index in [-0.39, 0.29) is 24.0 Å². The van der Waals surface area contributed by atoms with Crippen LogP contribution in [-0.2, 0) is 0 Å². The van der Waals surface area contributed by atoms with E-state index in [1.54, 1.807) is 7.05 Å². The highest BCUT2D eigenvalue weighted by Crippen LogP contribution is 2.30. The Morgan fingerprint density at radius 1 is 1.35 bits per heavy atom. The molecule has 0 spiro atoms. The second-order valence-corrected chi connectivity index (χ2v) is 7.01. The van der Waals surface area contributed by atoms with Gasteiger partial charge >= 0.3 is 0 Å². The molecule has 4 nitrogen and oxygen atoms in total. The minimum Gasteiger partial charge on any atom is -0.388 e. The Kier molecular flexibility index (Phi) is 7.97. The molecule has 0 aliphatic heterocycles. The molecule has 2 unspecified atom stereocenters. The fourth-order valence-corrected chi connectivity index (χ4v) is 3.72. The SMILES string of the molecule is CN=C(NCC1(O)CCC1)NC1CCCC(SC)C1.I. The van der Waals surface area contributed by atoms with Crippen LogP contribution in [0.5, 0.6) is 0 Å². The van der Waals surface area contributed by atoms with Crippen molar-refractivity contribution in [1.29, 1.82) is 0 Å². The number of halogens is 1. The molecule has 118 valence electrons. The van der Waals surface area contributed by atoms with Crippen molar-refractivity contribution in [3.05, 3.63) is 0 Å². The van der Waals surface area contributed by atoms with Gasteiger partial charge in [-0.2, -0.15) is 11.8 Å². The van der Waals surface area contributed by atoms with Crippen molar-refractivity contribution in [2.24, 2.45) is 4.99 Å². The fourth-order valence-electron chi connectivity index (χ4n) is 2.89. The first kappa shape index (κ1) is 18.4. The van der Waals surface area contributed by atoms with Crippen LogP contribution in [0, 0.1) is 0 Å². The number of aliphatic imine (C=N–C) groups is 1. The number of guanidine groups is 1. The van der Waals surface area contributed by atoms with Gasteiger partial charge in [-0.1, -0.05) is 6.42 Å². The molecule has 0 radical (unpaired) electrons. The first-order valence-corrected chi connectivity index (χ1v) is 8.66. The summed E-state index contributed by atoms with van der Waals surface area (Å²) >= 11 is 1.97. The molecular formula is C14H28IN3OS. The lowest BCUT2D eigenvalue weighted by atomic mass is 9.80. The van der Waals surface area contributed by atoms with Gasteiger partial charge < -0.3 is 15.7 Å². The Hall–Kier alpha value is 0.310. The summed E-state index contributed by atoms with van der Waals surface area (Å²) in [6.07, 6.45) is 10.2. The van der Waals surface area contributed by atoms with E-state index < -0.39 is 5.60 Å². The van der Waals surface area contributed by atoms with Crippen molar-refractivity contribution in [1.82, 2.24) is 10.6 Å². The van der Waals surface area contributed by atoms with Crippen LogP contribution in [0.2, 0.25) is 0 Å². The van der Waals surface area contributed by atoms with E-state index in [1.165, 1.54) is 25.7 Å². The van der Waals surface area contributed by atoms with E-state index in [0.717, 1.165) is 30.5 Å². The Morgan fingerprint density at radius 2 is 2.10 bits per heavy atom.